The molecule has 0 aromatic carbocycles. The van der Waals surface area contributed by atoms with Gasteiger partial charge in [-0.3, -0.25) is 4.90 Å². The smallest absolute Gasteiger partial charge is 0.287 e. The van der Waals surface area contributed by atoms with Gasteiger partial charge in [0.2, 0.25) is 0 Å². The Morgan fingerprint density at radius 3 is 2.33 bits per heavy atom. The van der Waals surface area contributed by atoms with Gasteiger partial charge in [-0.25, -0.2) is 8.78 Å². The molecular weight excluding hydrogens is 128 g/mol. The lowest BCUT2D eigenvalue weighted by molar-refractivity contribution is -0.0727. The van der Waals surface area contributed by atoms with Crippen molar-refractivity contribution in [2.24, 2.45) is 0 Å². The Bertz CT molecular complexity index is 118. The molecule has 4 heteroatoms. The van der Waals surface area contributed by atoms with Crippen LogP contribution in [-0.2, 0) is 0 Å². The predicted octanol–water partition coefficient (Wildman–Crippen LogP) is -0.0720. The number of rotatable bonds is 0. The van der Waals surface area contributed by atoms with Gasteiger partial charge in [0.15, 0.2) is 0 Å². The van der Waals surface area contributed by atoms with E-state index >= 15 is 0 Å². The maximum Gasteiger partial charge on any atom is 0.287 e. The molecule has 0 aromatic rings. The van der Waals surface area contributed by atoms with Crippen molar-refractivity contribution in [3.05, 3.63) is 0 Å². The third-order valence-corrected chi connectivity index (χ3v) is 1.45. The molecule has 1 atom stereocenters. The molecule has 0 spiro atoms. The third-order valence-electron chi connectivity index (χ3n) is 1.45. The number of alkyl halides is 2. The quantitative estimate of drug-likeness (QED) is 0.505. The van der Waals surface area contributed by atoms with Crippen LogP contribution in [0.2, 0.25) is 0 Å². The Labute approximate surface area is 52.1 Å². The molecule has 9 heavy (non-hydrogen) atoms. The second-order valence-electron chi connectivity index (χ2n) is 2.47. The minimum Gasteiger partial charge on any atom is -0.385 e. The van der Waals surface area contributed by atoms with Crippen LogP contribution in [-0.4, -0.2) is 42.2 Å². The molecule has 0 amide bonds. The van der Waals surface area contributed by atoms with Gasteiger partial charge in [-0.05, 0) is 7.05 Å². The molecule has 1 rings (SSSR count). The van der Waals surface area contributed by atoms with E-state index in [4.69, 9.17) is 5.11 Å². The number of aliphatic hydroxyl groups excluding tert-OH is 1. The van der Waals surface area contributed by atoms with Crippen LogP contribution >= 0.6 is 0 Å². The molecule has 0 aromatic heterocycles. The van der Waals surface area contributed by atoms with Crippen molar-refractivity contribution in [2.75, 3.05) is 20.1 Å². The highest BCUT2D eigenvalue weighted by Gasteiger charge is 2.45. The van der Waals surface area contributed by atoms with Crippen LogP contribution in [0.25, 0.3) is 0 Å². The molecule has 0 aliphatic carbocycles. The number of likely N-dealkylation sites (N-methyl/N-ethyl adjacent to an activating group) is 1. The molecule has 0 saturated carbocycles. The van der Waals surface area contributed by atoms with Crippen molar-refractivity contribution in [2.45, 2.75) is 12.0 Å². The van der Waals surface area contributed by atoms with E-state index in [0.29, 0.717) is 0 Å². The molecule has 0 unspecified atom stereocenters. The van der Waals surface area contributed by atoms with Crippen molar-refractivity contribution in [3.63, 3.8) is 0 Å². The van der Waals surface area contributed by atoms with Gasteiger partial charge in [-0.15, -0.1) is 0 Å². The summed E-state index contributed by atoms with van der Waals surface area (Å²) < 4.78 is 24.6. The highest BCUT2D eigenvalue weighted by atomic mass is 19.3. The first-order valence-corrected chi connectivity index (χ1v) is 2.77. The lowest BCUT2D eigenvalue weighted by Crippen LogP contribution is -2.31. The number of nitrogens with zero attached hydrogens (tertiary/aromatic N) is 1. The van der Waals surface area contributed by atoms with Crippen LogP contribution in [0.3, 0.4) is 0 Å². The summed E-state index contributed by atoms with van der Waals surface area (Å²) in [5.74, 6) is -2.89. The number of hydrogen-bond acceptors (Lipinski definition) is 2. The van der Waals surface area contributed by atoms with Gasteiger partial charge < -0.3 is 5.11 Å². The second kappa shape index (κ2) is 1.88. The molecule has 0 bridgehead atoms. The van der Waals surface area contributed by atoms with Crippen LogP contribution in [0.1, 0.15) is 0 Å². The highest BCUT2D eigenvalue weighted by Crippen LogP contribution is 2.25. The monoisotopic (exact) mass is 137 g/mol. The molecule has 2 nitrogen and oxygen atoms in total. The van der Waals surface area contributed by atoms with Gasteiger partial charge in [0.25, 0.3) is 5.92 Å². The fourth-order valence-corrected chi connectivity index (χ4v) is 0.959. The number of halogens is 2. The van der Waals surface area contributed by atoms with E-state index in [0.717, 1.165) is 0 Å². The number of hydrogen-bond donors (Lipinski definition) is 1. The van der Waals surface area contributed by atoms with Crippen LogP contribution < -0.4 is 0 Å². The summed E-state index contributed by atoms with van der Waals surface area (Å²) in [5, 5.41) is 8.64. The lowest BCUT2D eigenvalue weighted by atomic mass is 10.2. The standard InChI is InChI=1S/C5H9F2NO/c1-8-2-4(9)5(6,7)3-8/h4,9H,2-3H2,1H3/t4-/m0/s1. The van der Waals surface area contributed by atoms with Gasteiger partial charge in [0.05, 0.1) is 6.54 Å². The Balaban J connectivity index is 2.58. The fourth-order valence-electron chi connectivity index (χ4n) is 0.959. The molecule has 0 radical (unpaired) electrons. The molecule has 1 heterocycles. The fraction of sp³-hybridized carbons (Fsp3) is 1.00. The van der Waals surface area contributed by atoms with Gasteiger partial charge in [-0.2, -0.15) is 0 Å². The zero-order valence-corrected chi connectivity index (χ0v) is 5.14. The van der Waals surface area contributed by atoms with E-state index in [2.05, 4.69) is 0 Å². The summed E-state index contributed by atoms with van der Waals surface area (Å²) in [6, 6.07) is 0. The molecule has 1 saturated heterocycles. The molecular formula is C5H9F2NO. The summed E-state index contributed by atoms with van der Waals surface area (Å²) in [6.45, 7) is -0.249. The Morgan fingerprint density at radius 2 is 2.22 bits per heavy atom. The summed E-state index contributed by atoms with van der Waals surface area (Å²) in [6.07, 6.45) is -1.47. The minimum absolute atomic E-state index is 0.0764. The SMILES string of the molecule is CN1C[C@H](O)C(F)(F)C1. The molecule has 1 N–H and O–H groups in total. The van der Waals surface area contributed by atoms with Crippen LogP contribution in [0, 0.1) is 0 Å². The van der Waals surface area contributed by atoms with E-state index in [1.54, 1.807) is 7.05 Å². The van der Waals surface area contributed by atoms with Gasteiger partial charge in [-0.1, -0.05) is 0 Å². The summed E-state index contributed by atoms with van der Waals surface area (Å²) >= 11 is 0. The minimum atomic E-state index is -2.89. The maximum atomic E-state index is 12.3. The van der Waals surface area contributed by atoms with E-state index in [1.807, 2.05) is 0 Å². The predicted molar refractivity (Wildman–Crippen MR) is 28.5 cm³/mol. The van der Waals surface area contributed by atoms with E-state index in [9.17, 15) is 8.78 Å². The molecule has 54 valence electrons. The summed E-state index contributed by atoms with van der Waals surface area (Å²) in [5.41, 5.74) is 0. The van der Waals surface area contributed by atoms with E-state index in [-0.39, 0.29) is 13.1 Å². The van der Waals surface area contributed by atoms with Crippen molar-refractivity contribution in [1.29, 1.82) is 0 Å². The van der Waals surface area contributed by atoms with Gasteiger partial charge in [0, 0.05) is 6.54 Å². The Hall–Kier alpha value is -0.220. The lowest BCUT2D eigenvalue weighted by Gasteiger charge is -2.10. The molecule has 1 fully saturated rings. The number of aliphatic hydroxyl groups is 1. The van der Waals surface area contributed by atoms with Crippen LogP contribution in [0.15, 0.2) is 0 Å². The molecule has 1 aliphatic heterocycles. The van der Waals surface area contributed by atoms with Crippen molar-refractivity contribution in [3.8, 4) is 0 Å². The van der Waals surface area contributed by atoms with Crippen molar-refractivity contribution in [1.82, 2.24) is 4.90 Å². The first kappa shape index (κ1) is 6.89. The van der Waals surface area contributed by atoms with Crippen molar-refractivity contribution >= 4 is 0 Å². The maximum absolute atomic E-state index is 12.3. The Kier molecular flexibility index (Phi) is 1.44. The zero-order valence-electron chi connectivity index (χ0n) is 5.14. The topological polar surface area (TPSA) is 23.5 Å². The van der Waals surface area contributed by atoms with Crippen LogP contribution in [0.4, 0.5) is 8.78 Å². The van der Waals surface area contributed by atoms with Gasteiger partial charge >= 0.3 is 0 Å². The zero-order chi connectivity index (χ0) is 7.07. The number of β-amino-alcohol motifs (C(OH)–C–C–N with tert-alkyl or cyclic N) is 1. The van der Waals surface area contributed by atoms with Crippen LogP contribution in [0.5, 0.6) is 0 Å². The highest BCUT2D eigenvalue weighted by molar-refractivity contribution is 4.88. The van der Waals surface area contributed by atoms with E-state index < -0.39 is 12.0 Å². The Morgan fingerprint density at radius 1 is 1.67 bits per heavy atom. The summed E-state index contributed by atoms with van der Waals surface area (Å²) in [4.78, 5) is 1.41. The molecule has 1 aliphatic rings. The van der Waals surface area contributed by atoms with Crippen molar-refractivity contribution < 1.29 is 13.9 Å². The largest absolute Gasteiger partial charge is 0.385 e. The normalized spacial score (nSPS) is 35.3. The average molecular weight is 137 g/mol. The number of likely N-dealkylation sites (tertiary alicyclic amines) is 1. The first-order valence-electron chi connectivity index (χ1n) is 2.77. The average Bonchev–Trinajstić information content (AvgIpc) is 1.79. The third kappa shape index (κ3) is 1.19. The van der Waals surface area contributed by atoms with Gasteiger partial charge in [0.1, 0.15) is 6.10 Å². The summed E-state index contributed by atoms with van der Waals surface area (Å²) in [7, 11) is 1.56. The first-order chi connectivity index (χ1) is 4.02. The van der Waals surface area contributed by atoms with E-state index in [1.165, 1.54) is 4.90 Å². The second-order valence-corrected chi connectivity index (χ2v) is 2.47.